The second-order valence-corrected chi connectivity index (χ2v) is 9.17. The van der Waals surface area contributed by atoms with Crippen LogP contribution in [0.1, 0.15) is 43.2 Å². The maximum Gasteiger partial charge on any atom is 0.351 e. The number of cyclic esters (lactones) is 1. The van der Waals surface area contributed by atoms with Gasteiger partial charge in [0.25, 0.3) is 0 Å². The molecule has 0 aromatic heterocycles. The number of fused-ring (bicyclic) bond motifs is 3. The van der Waals surface area contributed by atoms with Crippen LogP contribution in [0, 0.1) is 0 Å². The molecule has 4 atom stereocenters. The van der Waals surface area contributed by atoms with Crippen LogP contribution >= 0.6 is 0 Å². The highest BCUT2D eigenvalue weighted by Crippen LogP contribution is 2.55. The van der Waals surface area contributed by atoms with Gasteiger partial charge in [0.05, 0.1) is 25.0 Å². The smallest absolute Gasteiger partial charge is 0.351 e. The summed E-state index contributed by atoms with van der Waals surface area (Å²) < 4.78 is 28.2. The van der Waals surface area contributed by atoms with Crippen molar-refractivity contribution in [2.24, 2.45) is 0 Å². The Kier molecular flexibility index (Phi) is 3.91. The number of carbonyl (C=O) groups is 2. The van der Waals surface area contributed by atoms with E-state index in [1.165, 1.54) is 5.56 Å². The molecule has 4 heterocycles. The highest BCUT2D eigenvalue weighted by atomic mass is 16.7. The summed E-state index contributed by atoms with van der Waals surface area (Å²) >= 11 is 0. The Bertz CT molecular complexity index is 1010. The van der Waals surface area contributed by atoms with Gasteiger partial charge in [-0.15, -0.1) is 0 Å². The van der Waals surface area contributed by atoms with Crippen LogP contribution in [-0.4, -0.2) is 61.1 Å². The number of nitrogens with zero attached hydrogens (tertiary/aromatic N) is 1. The molecular weight excluding hydrogens is 402 g/mol. The summed E-state index contributed by atoms with van der Waals surface area (Å²) in [6.45, 7) is 3.70. The molecule has 0 amide bonds. The fourth-order valence-corrected chi connectivity index (χ4v) is 5.97. The highest BCUT2D eigenvalue weighted by molar-refractivity contribution is 5.93. The number of hydrogen-bond donors (Lipinski definition) is 0. The van der Waals surface area contributed by atoms with Crippen LogP contribution < -0.4 is 9.47 Å². The predicted molar refractivity (Wildman–Crippen MR) is 107 cm³/mol. The van der Waals surface area contributed by atoms with Gasteiger partial charge >= 0.3 is 11.9 Å². The molecule has 1 aromatic rings. The van der Waals surface area contributed by atoms with E-state index < -0.39 is 17.7 Å². The van der Waals surface area contributed by atoms with E-state index in [0.717, 1.165) is 49.4 Å². The number of rotatable bonds is 3. The largest absolute Gasteiger partial charge is 0.497 e. The third kappa shape index (κ3) is 2.57. The molecule has 8 nitrogen and oxygen atoms in total. The van der Waals surface area contributed by atoms with Gasteiger partial charge in [-0.25, -0.2) is 4.79 Å². The van der Waals surface area contributed by atoms with Crippen LogP contribution in [0.5, 0.6) is 11.5 Å². The normalized spacial score (nSPS) is 35.2. The van der Waals surface area contributed by atoms with E-state index >= 15 is 0 Å². The van der Waals surface area contributed by atoms with Crippen LogP contribution in [0.15, 0.2) is 24.0 Å². The second-order valence-electron chi connectivity index (χ2n) is 9.17. The number of esters is 2. The Morgan fingerprint density at radius 2 is 2.00 bits per heavy atom. The molecule has 1 aromatic carbocycles. The minimum absolute atomic E-state index is 0.0296. The number of methoxy groups -OCH3 is 1. The van der Waals surface area contributed by atoms with Crippen molar-refractivity contribution in [2.45, 2.75) is 55.8 Å². The Balaban J connectivity index is 1.44. The summed E-state index contributed by atoms with van der Waals surface area (Å²) in [6.07, 6.45) is 4.49. The van der Waals surface area contributed by atoms with Gasteiger partial charge in [0.15, 0.2) is 17.6 Å². The summed E-state index contributed by atoms with van der Waals surface area (Å²) in [5.74, 6) is 1.06. The second kappa shape index (κ2) is 6.38. The van der Waals surface area contributed by atoms with Crippen molar-refractivity contribution < 1.29 is 33.3 Å². The van der Waals surface area contributed by atoms with Crippen molar-refractivity contribution in [1.29, 1.82) is 0 Å². The number of benzene rings is 1. The topological polar surface area (TPSA) is 83.5 Å². The molecule has 0 saturated carbocycles. The van der Waals surface area contributed by atoms with Gasteiger partial charge < -0.3 is 23.7 Å². The van der Waals surface area contributed by atoms with Crippen LogP contribution in [-0.2, 0) is 30.2 Å². The van der Waals surface area contributed by atoms with E-state index in [2.05, 4.69) is 17.0 Å². The van der Waals surface area contributed by atoms with Crippen molar-refractivity contribution in [3.05, 3.63) is 35.1 Å². The van der Waals surface area contributed by atoms with E-state index in [1.807, 2.05) is 6.07 Å². The minimum Gasteiger partial charge on any atom is -0.497 e. The molecule has 164 valence electrons. The van der Waals surface area contributed by atoms with Gasteiger partial charge in [-0.05, 0) is 62.1 Å². The SMILES string of the molecule is COC1=C[C@]23CCCN2CCc2cc4c(cc2[C@@H]3[C@@H]1OC(=O)[C@@]1(C)CC(=O)O1)OCO4. The first-order valence-electron chi connectivity index (χ1n) is 10.8. The van der Waals surface area contributed by atoms with E-state index in [4.69, 9.17) is 23.7 Å². The zero-order chi connectivity index (χ0) is 21.4. The van der Waals surface area contributed by atoms with E-state index in [9.17, 15) is 9.59 Å². The average molecular weight is 427 g/mol. The minimum atomic E-state index is -1.23. The van der Waals surface area contributed by atoms with Crippen molar-refractivity contribution in [2.75, 3.05) is 27.0 Å². The third-order valence-corrected chi connectivity index (χ3v) is 7.45. The molecule has 0 unspecified atom stereocenters. The van der Waals surface area contributed by atoms with Gasteiger partial charge in [-0.3, -0.25) is 9.69 Å². The number of carbonyl (C=O) groups excluding carboxylic acids is 2. The van der Waals surface area contributed by atoms with Gasteiger partial charge in [0.2, 0.25) is 12.4 Å². The first-order valence-corrected chi connectivity index (χ1v) is 10.8. The van der Waals surface area contributed by atoms with Crippen molar-refractivity contribution in [3.63, 3.8) is 0 Å². The monoisotopic (exact) mass is 427 g/mol. The Labute approximate surface area is 180 Å². The molecule has 0 bridgehead atoms. The summed E-state index contributed by atoms with van der Waals surface area (Å²) in [5.41, 5.74) is 0.761. The molecule has 2 saturated heterocycles. The fourth-order valence-electron chi connectivity index (χ4n) is 5.97. The molecule has 5 aliphatic rings. The Morgan fingerprint density at radius 1 is 1.23 bits per heavy atom. The first kappa shape index (κ1) is 19.0. The lowest BCUT2D eigenvalue weighted by Gasteiger charge is -2.40. The summed E-state index contributed by atoms with van der Waals surface area (Å²) in [4.78, 5) is 26.9. The van der Waals surface area contributed by atoms with Crippen LogP contribution in [0.25, 0.3) is 0 Å². The summed E-state index contributed by atoms with van der Waals surface area (Å²) in [6, 6.07) is 4.11. The Morgan fingerprint density at radius 3 is 2.74 bits per heavy atom. The third-order valence-electron chi connectivity index (χ3n) is 7.45. The maximum absolute atomic E-state index is 13.0. The van der Waals surface area contributed by atoms with Crippen molar-refractivity contribution in [1.82, 2.24) is 4.90 Å². The fraction of sp³-hybridized carbons (Fsp3) is 0.565. The lowest BCUT2D eigenvalue weighted by Crippen LogP contribution is -2.54. The molecule has 31 heavy (non-hydrogen) atoms. The lowest BCUT2D eigenvalue weighted by atomic mass is 9.77. The zero-order valence-corrected chi connectivity index (χ0v) is 17.6. The first-order chi connectivity index (χ1) is 14.9. The molecular formula is C23H25NO7. The van der Waals surface area contributed by atoms with E-state index in [1.54, 1.807) is 14.0 Å². The summed E-state index contributed by atoms with van der Waals surface area (Å²) in [7, 11) is 1.61. The number of ether oxygens (including phenoxy) is 5. The molecule has 1 spiro atoms. The molecule has 6 rings (SSSR count). The quantitative estimate of drug-likeness (QED) is 0.678. The number of hydrogen-bond acceptors (Lipinski definition) is 8. The van der Waals surface area contributed by atoms with Crippen LogP contribution in [0.2, 0.25) is 0 Å². The predicted octanol–water partition coefficient (Wildman–Crippen LogP) is 2.05. The van der Waals surface area contributed by atoms with E-state index in [-0.39, 0.29) is 30.6 Å². The van der Waals surface area contributed by atoms with Crippen molar-refractivity contribution >= 4 is 11.9 Å². The highest BCUT2D eigenvalue weighted by Gasteiger charge is 2.60. The molecule has 0 radical (unpaired) electrons. The Hall–Kier alpha value is -2.74. The van der Waals surface area contributed by atoms with E-state index in [0.29, 0.717) is 5.76 Å². The molecule has 8 heteroatoms. The van der Waals surface area contributed by atoms with Gasteiger partial charge in [-0.2, -0.15) is 0 Å². The molecule has 4 aliphatic heterocycles. The summed E-state index contributed by atoms with van der Waals surface area (Å²) in [5, 5.41) is 0. The van der Waals surface area contributed by atoms with Gasteiger partial charge in [0.1, 0.15) is 5.76 Å². The van der Waals surface area contributed by atoms with Gasteiger partial charge in [0, 0.05) is 6.54 Å². The molecule has 0 N–H and O–H groups in total. The molecule has 1 aliphatic carbocycles. The van der Waals surface area contributed by atoms with Gasteiger partial charge in [-0.1, -0.05) is 0 Å². The zero-order valence-electron chi connectivity index (χ0n) is 17.6. The molecule has 2 fully saturated rings. The standard InChI is InChI=1S/C23H25NO7/c1-22(11-18(25)31-22)21(26)30-20-17(27-2)10-23-5-3-6-24(23)7-4-13-8-15-16(29-12-28-15)9-14(13)19(20)23/h8-10,19-20H,3-7,11-12H2,1-2H3/t19-,20-,22-,23+/m1/s1. The maximum atomic E-state index is 13.0. The van der Waals surface area contributed by atoms with Crippen LogP contribution in [0.4, 0.5) is 0 Å². The van der Waals surface area contributed by atoms with Crippen molar-refractivity contribution in [3.8, 4) is 11.5 Å². The lowest BCUT2D eigenvalue weighted by molar-refractivity contribution is -0.207. The van der Waals surface area contributed by atoms with Crippen LogP contribution in [0.3, 0.4) is 0 Å². The average Bonchev–Trinajstić information content (AvgIpc) is 3.40.